The summed E-state index contributed by atoms with van der Waals surface area (Å²) in [6.45, 7) is 0. The number of fused-ring (bicyclic) bond motifs is 1. The molecule has 2 N–H and O–H groups in total. The number of hydrogen-bond acceptors (Lipinski definition) is 4. The molecule has 20 heavy (non-hydrogen) atoms. The van der Waals surface area contributed by atoms with E-state index >= 15 is 0 Å². The fourth-order valence-corrected chi connectivity index (χ4v) is 2.02. The van der Waals surface area contributed by atoms with Crippen molar-refractivity contribution in [3.63, 3.8) is 0 Å². The van der Waals surface area contributed by atoms with Crippen LogP contribution < -0.4 is 5.32 Å². The second kappa shape index (κ2) is 4.97. The van der Waals surface area contributed by atoms with Gasteiger partial charge in [0.15, 0.2) is 0 Å². The summed E-state index contributed by atoms with van der Waals surface area (Å²) in [4.78, 5) is 19.5. The smallest absolute Gasteiger partial charge is 0.337 e. The van der Waals surface area contributed by atoms with E-state index in [0.717, 1.165) is 5.69 Å². The summed E-state index contributed by atoms with van der Waals surface area (Å²) in [6, 6.07) is 14.6. The van der Waals surface area contributed by atoms with Crippen molar-refractivity contribution in [1.29, 1.82) is 0 Å². The lowest BCUT2D eigenvalue weighted by atomic mass is 10.1. The van der Waals surface area contributed by atoms with Gasteiger partial charge >= 0.3 is 5.97 Å². The van der Waals surface area contributed by atoms with Crippen molar-refractivity contribution < 1.29 is 9.90 Å². The highest BCUT2D eigenvalue weighted by molar-refractivity contribution is 6.04. The maximum absolute atomic E-state index is 11.2. The molecule has 98 valence electrons. The molecule has 5 nitrogen and oxygen atoms in total. The number of anilines is 2. The number of aromatic nitrogens is 2. The Morgan fingerprint density at radius 2 is 1.80 bits per heavy atom. The monoisotopic (exact) mass is 265 g/mol. The van der Waals surface area contributed by atoms with E-state index in [9.17, 15) is 9.90 Å². The molecule has 0 bridgehead atoms. The average Bonchev–Trinajstić information content (AvgIpc) is 2.48. The molecule has 3 aromatic rings. The third-order valence-corrected chi connectivity index (χ3v) is 2.93. The number of carbonyl (C=O) groups is 1. The molecule has 5 heteroatoms. The number of carboxylic acids is 1. The van der Waals surface area contributed by atoms with Crippen LogP contribution in [0.15, 0.2) is 54.9 Å². The van der Waals surface area contributed by atoms with Crippen LogP contribution in [0.25, 0.3) is 10.9 Å². The third-order valence-electron chi connectivity index (χ3n) is 2.93. The molecule has 3 rings (SSSR count). The maximum Gasteiger partial charge on any atom is 0.337 e. The maximum atomic E-state index is 11.2. The van der Waals surface area contributed by atoms with E-state index in [1.807, 2.05) is 30.3 Å². The van der Waals surface area contributed by atoms with Gasteiger partial charge in [0.25, 0.3) is 0 Å². The van der Waals surface area contributed by atoms with Gasteiger partial charge in [0, 0.05) is 11.1 Å². The highest BCUT2D eigenvalue weighted by atomic mass is 16.4. The van der Waals surface area contributed by atoms with Crippen molar-refractivity contribution in [1.82, 2.24) is 9.97 Å². The Kier molecular flexibility index (Phi) is 3.01. The van der Waals surface area contributed by atoms with Crippen LogP contribution in [0.2, 0.25) is 0 Å². The second-order valence-corrected chi connectivity index (χ2v) is 4.22. The molecule has 0 spiro atoms. The minimum Gasteiger partial charge on any atom is -0.478 e. The van der Waals surface area contributed by atoms with E-state index in [1.165, 1.54) is 12.4 Å². The first-order valence-electron chi connectivity index (χ1n) is 6.05. The summed E-state index contributed by atoms with van der Waals surface area (Å²) in [5, 5.41) is 13.0. The first kappa shape index (κ1) is 12.1. The van der Waals surface area contributed by atoms with Gasteiger partial charge in [0.2, 0.25) is 0 Å². The normalized spacial score (nSPS) is 10.4. The summed E-state index contributed by atoms with van der Waals surface area (Å²) in [5.41, 5.74) is 1.47. The lowest BCUT2D eigenvalue weighted by Gasteiger charge is -2.09. The predicted molar refractivity (Wildman–Crippen MR) is 76.2 cm³/mol. The molecule has 1 heterocycles. The van der Waals surface area contributed by atoms with Crippen LogP contribution in [0.4, 0.5) is 11.5 Å². The average molecular weight is 265 g/mol. The van der Waals surface area contributed by atoms with E-state index in [2.05, 4.69) is 15.3 Å². The Morgan fingerprint density at radius 1 is 1.00 bits per heavy atom. The van der Waals surface area contributed by atoms with E-state index in [1.54, 1.807) is 12.1 Å². The third kappa shape index (κ3) is 2.16. The highest BCUT2D eigenvalue weighted by Gasteiger charge is 2.12. The molecule has 0 aliphatic heterocycles. The molecule has 0 amide bonds. The van der Waals surface area contributed by atoms with Crippen LogP contribution >= 0.6 is 0 Å². The standard InChI is InChI=1S/C15H11N3O2/c19-15(20)12-8-4-7-11-13(12)16-9-17-14(11)18-10-5-2-1-3-6-10/h1-9H,(H,19,20)(H,16,17,18). The fraction of sp³-hybridized carbons (Fsp3) is 0. The minimum absolute atomic E-state index is 0.168. The quantitative estimate of drug-likeness (QED) is 0.761. The van der Waals surface area contributed by atoms with Crippen molar-refractivity contribution >= 4 is 28.4 Å². The number of rotatable bonds is 3. The lowest BCUT2D eigenvalue weighted by molar-refractivity contribution is 0.0699. The van der Waals surface area contributed by atoms with Crippen LogP contribution in [0.5, 0.6) is 0 Å². The number of nitrogens with zero attached hydrogens (tertiary/aromatic N) is 2. The number of aromatic carboxylic acids is 1. The Balaban J connectivity index is 2.13. The number of benzene rings is 2. The number of carboxylic acid groups (broad SMARTS) is 1. The molecule has 0 saturated carbocycles. The first-order valence-corrected chi connectivity index (χ1v) is 6.05. The van der Waals surface area contributed by atoms with Crippen molar-refractivity contribution in [3.05, 3.63) is 60.4 Å². The molecule has 1 aromatic heterocycles. The molecule has 2 aromatic carbocycles. The Bertz CT molecular complexity index is 772. The van der Waals surface area contributed by atoms with Crippen LogP contribution in [-0.4, -0.2) is 21.0 Å². The largest absolute Gasteiger partial charge is 0.478 e. The van der Waals surface area contributed by atoms with E-state index in [4.69, 9.17) is 0 Å². The van der Waals surface area contributed by atoms with Gasteiger partial charge < -0.3 is 10.4 Å². The van der Waals surface area contributed by atoms with Gasteiger partial charge in [-0.3, -0.25) is 0 Å². The van der Waals surface area contributed by atoms with Crippen LogP contribution in [0, 0.1) is 0 Å². The second-order valence-electron chi connectivity index (χ2n) is 4.22. The molecule has 0 aliphatic carbocycles. The first-order chi connectivity index (χ1) is 9.75. The van der Waals surface area contributed by atoms with Crippen LogP contribution in [0.1, 0.15) is 10.4 Å². The Labute approximate surface area is 114 Å². The SMILES string of the molecule is O=C(O)c1cccc2c(Nc3ccccc3)ncnc12. The van der Waals surface area contributed by atoms with Gasteiger partial charge in [0.1, 0.15) is 12.1 Å². The molecule has 0 saturated heterocycles. The molecule has 0 aliphatic rings. The van der Waals surface area contributed by atoms with Crippen molar-refractivity contribution in [2.45, 2.75) is 0 Å². The zero-order chi connectivity index (χ0) is 13.9. The minimum atomic E-state index is -1.00. The van der Waals surface area contributed by atoms with Gasteiger partial charge in [-0.25, -0.2) is 14.8 Å². The van der Waals surface area contributed by atoms with Gasteiger partial charge in [-0.15, -0.1) is 0 Å². The number of para-hydroxylation sites is 2. The number of hydrogen-bond donors (Lipinski definition) is 2. The van der Waals surface area contributed by atoms with Gasteiger partial charge in [-0.1, -0.05) is 24.3 Å². The summed E-state index contributed by atoms with van der Waals surface area (Å²) in [7, 11) is 0. The molecule has 0 fully saturated rings. The van der Waals surface area contributed by atoms with Crippen molar-refractivity contribution in [2.75, 3.05) is 5.32 Å². The molecular formula is C15H11N3O2. The van der Waals surface area contributed by atoms with E-state index in [-0.39, 0.29) is 5.56 Å². The van der Waals surface area contributed by atoms with Crippen molar-refractivity contribution in [3.8, 4) is 0 Å². The molecule has 0 radical (unpaired) electrons. The zero-order valence-corrected chi connectivity index (χ0v) is 10.4. The van der Waals surface area contributed by atoms with E-state index < -0.39 is 5.97 Å². The summed E-state index contributed by atoms with van der Waals surface area (Å²) < 4.78 is 0. The summed E-state index contributed by atoms with van der Waals surface area (Å²) in [5.74, 6) is -0.413. The van der Waals surface area contributed by atoms with E-state index in [0.29, 0.717) is 16.7 Å². The van der Waals surface area contributed by atoms with Gasteiger partial charge in [-0.05, 0) is 24.3 Å². The topological polar surface area (TPSA) is 75.1 Å². The fourth-order valence-electron chi connectivity index (χ4n) is 2.02. The Morgan fingerprint density at radius 3 is 2.55 bits per heavy atom. The summed E-state index contributed by atoms with van der Waals surface area (Å²) >= 11 is 0. The lowest BCUT2D eigenvalue weighted by Crippen LogP contribution is -2.01. The number of nitrogens with one attached hydrogen (secondary N) is 1. The van der Waals surface area contributed by atoms with Crippen molar-refractivity contribution in [2.24, 2.45) is 0 Å². The highest BCUT2D eigenvalue weighted by Crippen LogP contribution is 2.24. The van der Waals surface area contributed by atoms with Crippen LogP contribution in [-0.2, 0) is 0 Å². The van der Waals surface area contributed by atoms with Crippen LogP contribution in [0.3, 0.4) is 0 Å². The predicted octanol–water partition coefficient (Wildman–Crippen LogP) is 3.07. The van der Waals surface area contributed by atoms with Gasteiger partial charge in [0.05, 0.1) is 11.1 Å². The Hall–Kier alpha value is -2.95. The zero-order valence-electron chi connectivity index (χ0n) is 10.4. The molecule has 0 atom stereocenters. The molecular weight excluding hydrogens is 254 g/mol. The van der Waals surface area contributed by atoms with Gasteiger partial charge in [-0.2, -0.15) is 0 Å². The molecule has 0 unspecified atom stereocenters. The summed E-state index contributed by atoms with van der Waals surface area (Å²) in [6.07, 6.45) is 1.36.